The number of carbonyl (C=O) groups is 2. The fourth-order valence-electron chi connectivity index (χ4n) is 3.53. The van der Waals surface area contributed by atoms with E-state index in [1.165, 1.54) is 36.3 Å². The van der Waals surface area contributed by atoms with Gasteiger partial charge in [0.25, 0.3) is 11.8 Å². The number of nitrogens with one attached hydrogen (secondary N) is 3. The van der Waals surface area contributed by atoms with Gasteiger partial charge in [0, 0.05) is 43.3 Å². The summed E-state index contributed by atoms with van der Waals surface area (Å²) in [6.45, 7) is 2.32. The van der Waals surface area contributed by atoms with Crippen molar-refractivity contribution in [3.8, 4) is 0 Å². The molecule has 2 aromatic carbocycles. The minimum Gasteiger partial charge on any atom is -0.387 e. The molecular weight excluding hydrogens is 507 g/mol. The predicted octanol–water partition coefficient (Wildman–Crippen LogP) is 4.72. The molecule has 198 valence electrons. The van der Waals surface area contributed by atoms with Crippen LogP contribution in [0.3, 0.4) is 0 Å². The van der Waals surface area contributed by atoms with Crippen molar-refractivity contribution in [2.24, 2.45) is 0 Å². The van der Waals surface area contributed by atoms with Gasteiger partial charge in [0.2, 0.25) is 0 Å². The Kier molecular flexibility index (Phi) is 7.88. The Bertz CT molecular complexity index is 1450. The molecule has 2 aromatic heterocycles. The molecule has 0 unspecified atom stereocenters. The lowest BCUT2D eigenvalue weighted by atomic mass is 10.0. The standard InChI is InChI=1S/C27H29FN6O3S/c1-27(2,37)23(28)14-30-25(35)19-13-29-24(33-18-9-10-20-22(11-18)38-15-31-20)12-21(19)32-17-7-5-16(6-8-17)26(36)34(3)4/h5-13,15,23,37H,14H2,1-4H3,(H,30,35)(H2,29,32,33)/t23-/m1/s1. The number of carbonyl (C=O) groups excluding carboxylic acids is 2. The maximum atomic E-state index is 14.2. The first kappa shape index (κ1) is 27.0. The first-order chi connectivity index (χ1) is 18.0. The van der Waals surface area contributed by atoms with Crippen LogP contribution in [0.15, 0.2) is 60.2 Å². The van der Waals surface area contributed by atoms with Crippen molar-refractivity contribution in [3.05, 3.63) is 71.4 Å². The number of hydrogen-bond donors (Lipinski definition) is 4. The fraction of sp³-hybridized carbons (Fsp3) is 0.259. The lowest BCUT2D eigenvalue weighted by Crippen LogP contribution is -2.42. The first-order valence-electron chi connectivity index (χ1n) is 11.8. The van der Waals surface area contributed by atoms with Gasteiger partial charge < -0.3 is 26.0 Å². The highest BCUT2D eigenvalue weighted by molar-refractivity contribution is 7.16. The molecule has 2 heterocycles. The molecular formula is C27H29FN6O3S. The van der Waals surface area contributed by atoms with Crippen LogP contribution in [0.25, 0.3) is 10.2 Å². The number of amides is 2. The lowest BCUT2D eigenvalue weighted by molar-refractivity contribution is -0.00177. The summed E-state index contributed by atoms with van der Waals surface area (Å²) in [6.07, 6.45) is -0.257. The van der Waals surface area contributed by atoms with Gasteiger partial charge in [-0.25, -0.2) is 14.4 Å². The van der Waals surface area contributed by atoms with Gasteiger partial charge in [-0.05, 0) is 56.3 Å². The van der Waals surface area contributed by atoms with Crippen LogP contribution in [0, 0.1) is 0 Å². The van der Waals surface area contributed by atoms with Crippen molar-refractivity contribution in [2.45, 2.75) is 25.6 Å². The van der Waals surface area contributed by atoms with Crippen LogP contribution in [0.4, 0.5) is 27.3 Å². The summed E-state index contributed by atoms with van der Waals surface area (Å²) < 4.78 is 15.3. The molecule has 9 nitrogen and oxygen atoms in total. The quantitative estimate of drug-likeness (QED) is 0.244. The second kappa shape index (κ2) is 11.1. The van der Waals surface area contributed by atoms with Gasteiger partial charge in [0.1, 0.15) is 12.0 Å². The number of anilines is 4. The third kappa shape index (κ3) is 6.42. The van der Waals surface area contributed by atoms with E-state index in [0.717, 1.165) is 15.9 Å². The van der Waals surface area contributed by atoms with Gasteiger partial charge in [-0.15, -0.1) is 11.3 Å². The molecule has 0 aliphatic heterocycles. The largest absolute Gasteiger partial charge is 0.387 e. The molecule has 0 aliphatic rings. The Morgan fingerprint density at radius 2 is 1.76 bits per heavy atom. The molecule has 0 bridgehead atoms. The van der Waals surface area contributed by atoms with Crippen LogP contribution in [0.5, 0.6) is 0 Å². The summed E-state index contributed by atoms with van der Waals surface area (Å²) in [4.78, 5) is 35.4. The monoisotopic (exact) mass is 536 g/mol. The van der Waals surface area contributed by atoms with Crippen molar-refractivity contribution < 1.29 is 19.1 Å². The highest BCUT2D eigenvalue weighted by Gasteiger charge is 2.27. The van der Waals surface area contributed by atoms with E-state index in [4.69, 9.17) is 0 Å². The van der Waals surface area contributed by atoms with Gasteiger partial charge in [-0.3, -0.25) is 9.59 Å². The molecule has 38 heavy (non-hydrogen) atoms. The lowest BCUT2D eigenvalue weighted by Gasteiger charge is -2.22. The molecule has 2 amide bonds. The summed E-state index contributed by atoms with van der Waals surface area (Å²) in [5.74, 6) is -0.200. The minimum atomic E-state index is -1.65. The Balaban J connectivity index is 1.60. The van der Waals surface area contributed by atoms with Gasteiger partial charge in [0.05, 0.1) is 39.1 Å². The third-order valence-corrected chi connectivity index (χ3v) is 6.57. The molecule has 4 aromatic rings. The number of fused-ring (bicyclic) bond motifs is 1. The number of rotatable bonds is 9. The van der Waals surface area contributed by atoms with Gasteiger partial charge in [0.15, 0.2) is 0 Å². The zero-order chi connectivity index (χ0) is 27.4. The zero-order valence-electron chi connectivity index (χ0n) is 21.4. The van der Waals surface area contributed by atoms with E-state index in [2.05, 4.69) is 25.9 Å². The maximum absolute atomic E-state index is 14.2. The molecule has 0 radical (unpaired) electrons. The Labute approximate surface area is 223 Å². The summed E-state index contributed by atoms with van der Waals surface area (Å²) >= 11 is 1.53. The number of pyridine rings is 1. The zero-order valence-corrected chi connectivity index (χ0v) is 22.3. The molecule has 0 spiro atoms. The van der Waals surface area contributed by atoms with Crippen LogP contribution < -0.4 is 16.0 Å². The SMILES string of the molecule is CN(C)C(=O)c1ccc(Nc2cc(Nc3ccc4ncsc4c3)ncc2C(=O)NC[C@@H](F)C(C)(C)O)cc1. The van der Waals surface area contributed by atoms with Crippen LogP contribution in [-0.2, 0) is 0 Å². The number of benzene rings is 2. The van der Waals surface area contributed by atoms with E-state index in [1.54, 1.807) is 49.9 Å². The predicted molar refractivity (Wildman–Crippen MR) is 148 cm³/mol. The molecule has 0 fully saturated rings. The summed E-state index contributed by atoms with van der Waals surface area (Å²) in [5, 5.41) is 18.8. The number of thiazole rings is 1. The number of halogens is 1. The number of nitrogens with zero attached hydrogens (tertiary/aromatic N) is 3. The van der Waals surface area contributed by atoms with Crippen LogP contribution in [-0.4, -0.2) is 64.2 Å². The summed E-state index contributed by atoms with van der Waals surface area (Å²) in [7, 11) is 3.36. The summed E-state index contributed by atoms with van der Waals surface area (Å²) in [6, 6.07) is 14.3. The van der Waals surface area contributed by atoms with Crippen molar-refractivity contribution in [2.75, 3.05) is 31.3 Å². The average molecular weight is 537 g/mol. The Morgan fingerprint density at radius 3 is 2.45 bits per heavy atom. The second-order valence-corrected chi connectivity index (χ2v) is 10.4. The van der Waals surface area contributed by atoms with E-state index in [9.17, 15) is 19.1 Å². The third-order valence-electron chi connectivity index (χ3n) is 5.78. The number of alkyl halides is 1. The van der Waals surface area contributed by atoms with Crippen LogP contribution in [0.1, 0.15) is 34.6 Å². The van der Waals surface area contributed by atoms with Crippen molar-refractivity contribution in [1.82, 2.24) is 20.2 Å². The van der Waals surface area contributed by atoms with Crippen molar-refractivity contribution in [3.63, 3.8) is 0 Å². The summed E-state index contributed by atoms with van der Waals surface area (Å²) in [5.41, 5.74) is 3.65. The molecule has 0 saturated heterocycles. The number of aromatic nitrogens is 2. The van der Waals surface area contributed by atoms with E-state index < -0.39 is 17.7 Å². The maximum Gasteiger partial charge on any atom is 0.255 e. The average Bonchev–Trinajstić information content (AvgIpc) is 3.34. The Morgan fingerprint density at radius 1 is 1.05 bits per heavy atom. The number of hydrogen-bond acceptors (Lipinski definition) is 8. The van der Waals surface area contributed by atoms with E-state index in [0.29, 0.717) is 22.8 Å². The molecule has 4 N–H and O–H groups in total. The van der Waals surface area contributed by atoms with Crippen molar-refractivity contribution >= 4 is 56.2 Å². The molecule has 0 aliphatic carbocycles. The topological polar surface area (TPSA) is 119 Å². The van der Waals surface area contributed by atoms with E-state index >= 15 is 0 Å². The van der Waals surface area contributed by atoms with Gasteiger partial charge >= 0.3 is 0 Å². The van der Waals surface area contributed by atoms with Crippen molar-refractivity contribution in [1.29, 1.82) is 0 Å². The van der Waals surface area contributed by atoms with E-state index in [-0.39, 0.29) is 18.0 Å². The Hall–Kier alpha value is -4.09. The van der Waals surface area contributed by atoms with E-state index in [1.807, 2.05) is 18.2 Å². The normalized spacial score (nSPS) is 12.2. The highest BCUT2D eigenvalue weighted by Crippen LogP contribution is 2.28. The molecule has 4 rings (SSSR count). The first-order valence-corrected chi connectivity index (χ1v) is 12.7. The minimum absolute atomic E-state index is 0.127. The van der Waals surface area contributed by atoms with Gasteiger partial charge in [-0.2, -0.15) is 0 Å². The highest BCUT2D eigenvalue weighted by atomic mass is 32.1. The molecule has 0 saturated carbocycles. The molecule has 1 atom stereocenters. The molecule has 11 heteroatoms. The second-order valence-electron chi connectivity index (χ2n) is 9.51. The smallest absolute Gasteiger partial charge is 0.255 e. The van der Waals surface area contributed by atoms with Crippen LogP contribution in [0.2, 0.25) is 0 Å². The fourth-order valence-corrected chi connectivity index (χ4v) is 4.24. The van der Waals surface area contributed by atoms with Gasteiger partial charge in [-0.1, -0.05) is 0 Å². The number of aliphatic hydroxyl groups is 1. The van der Waals surface area contributed by atoms with Crippen LogP contribution >= 0.6 is 11.3 Å².